The third-order valence-electron chi connectivity index (χ3n) is 7.92. The molecule has 0 spiro atoms. The predicted octanol–water partition coefficient (Wildman–Crippen LogP) is 9.61. The molecule has 0 bridgehead atoms. The lowest BCUT2D eigenvalue weighted by atomic mass is 10.1. The highest BCUT2D eigenvalue weighted by molar-refractivity contribution is 5.91. The molecule has 0 aliphatic rings. The zero-order valence-corrected chi connectivity index (χ0v) is 28.7. The summed E-state index contributed by atoms with van der Waals surface area (Å²) in [6.45, 7) is 2.04. The van der Waals surface area contributed by atoms with Crippen molar-refractivity contribution in [3.05, 3.63) is 167 Å². The second kappa shape index (κ2) is 18.2. The van der Waals surface area contributed by atoms with E-state index < -0.39 is 11.9 Å². The van der Waals surface area contributed by atoms with Gasteiger partial charge in [0, 0.05) is 43.0 Å². The number of carbonyl (C=O) groups is 2. The van der Waals surface area contributed by atoms with Gasteiger partial charge in [-0.1, -0.05) is 36.4 Å². The second-order valence-corrected chi connectivity index (χ2v) is 11.9. The van der Waals surface area contributed by atoms with Gasteiger partial charge in [0.25, 0.3) is 0 Å². The van der Waals surface area contributed by atoms with Crippen LogP contribution in [0, 0.1) is 6.92 Å². The maximum Gasteiger partial charge on any atom is 0.339 e. The normalized spacial score (nSPS) is 11.0. The summed E-state index contributed by atoms with van der Waals surface area (Å²) in [6, 6.07) is 34.0. The van der Waals surface area contributed by atoms with E-state index in [9.17, 15) is 19.8 Å². The largest absolute Gasteiger partial charge is 0.508 e. The van der Waals surface area contributed by atoms with Gasteiger partial charge in [0.05, 0.1) is 22.7 Å². The molecular weight excluding hydrogens is 672 g/mol. The molecule has 0 atom stereocenters. The minimum Gasteiger partial charge on any atom is -0.508 e. The van der Waals surface area contributed by atoms with Gasteiger partial charge in [-0.15, -0.1) is 0 Å². The number of phenolic OH excluding ortho intramolecular Hbond substituents is 1. The van der Waals surface area contributed by atoms with Gasteiger partial charge in [0.2, 0.25) is 0 Å². The lowest BCUT2D eigenvalue weighted by Gasteiger charge is -2.04. The van der Waals surface area contributed by atoms with Gasteiger partial charge >= 0.3 is 11.9 Å². The Labute approximate surface area is 305 Å². The van der Waals surface area contributed by atoms with E-state index in [0.29, 0.717) is 28.3 Å². The number of aliphatic carboxylic acids is 1. The number of aromatic nitrogens is 2. The van der Waals surface area contributed by atoms with E-state index in [4.69, 9.17) is 10.2 Å². The van der Waals surface area contributed by atoms with Gasteiger partial charge in [-0.3, -0.25) is 14.8 Å². The molecule has 0 aliphatic carbocycles. The molecule has 0 saturated carbocycles. The molecule has 4 N–H and O–H groups in total. The minimum absolute atomic E-state index is 0.0497. The fourth-order valence-corrected chi connectivity index (χ4v) is 5.03. The Morgan fingerprint density at radius 2 is 1.17 bits per heavy atom. The lowest BCUT2D eigenvalue weighted by molar-refractivity contribution is -0.136. The number of hydrogen-bond acceptors (Lipinski definition) is 10. The molecular formula is C41H36N6O6. The van der Waals surface area contributed by atoms with Crippen LogP contribution < -0.4 is 0 Å². The quantitative estimate of drug-likeness (QED) is 0.0903. The van der Waals surface area contributed by atoms with Crippen molar-refractivity contribution in [2.75, 3.05) is 0 Å². The topological polar surface area (TPSA) is 190 Å². The van der Waals surface area contributed by atoms with Gasteiger partial charge in [0.15, 0.2) is 0 Å². The van der Waals surface area contributed by atoms with Crippen LogP contribution in [0.1, 0.15) is 50.4 Å². The van der Waals surface area contributed by atoms with Crippen LogP contribution in [-0.4, -0.2) is 42.3 Å². The Bertz CT molecular complexity index is 2220. The molecule has 266 valence electrons. The van der Waals surface area contributed by atoms with Gasteiger partial charge < -0.3 is 20.4 Å². The summed E-state index contributed by atoms with van der Waals surface area (Å²) >= 11 is 0. The average Bonchev–Trinajstić information content (AvgIpc) is 3.16. The summed E-state index contributed by atoms with van der Waals surface area (Å²) < 4.78 is 0. The number of carboxylic acid groups (broad SMARTS) is 2. The summed E-state index contributed by atoms with van der Waals surface area (Å²) in [4.78, 5) is 30.4. The van der Waals surface area contributed by atoms with Crippen LogP contribution >= 0.6 is 0 Å². The summed E-state index contributed by atoms with van der Waals surface area (Å²) in [5.41, 5.74) is 8.05. The highest BCUT2D eigenvalue weighted by atomic mass is 16.4. The van der Waals surface area contributed by atoms with Gasteiger partial charge in [-0.2, -0.15) is 20.5 Å². The Morgan fingerprint density at radius 3 is 1.75 bits per heavy atom. The van der Waals surface area contributed by atoms with E-state index in [1.165, 1.54) is 24.3 Å². The van der Waals surface area contributed by atoms with E-state index >= 15 is 0 Å². The van der Waals surface area contributed by atoms with Crippen molar-refractivity contribution in [3.63, 3.8) is 0 Å². The van der Waals surface area contributed by atoms with Crippen molar-refractivity contribution in [2.24, 2.45) is 20.5 Å². The van der Waals surface area contributed by atoms with Crippen LogP contribution in [0.3, 0.4) is 0 Å². The van der Waals surface area contributed by atoms with Crippen molar-refractivity contribution >= 4 is 34.7 Å². The first-order valence-electron chi connectivity index (χ1n) is 16.5. The number of aromatic hydroxyl groups is 2. The molecule has 2 aromatic heterocycles. The molecule has 0 unspecified atom stereocenters. The number of hydrogen-bond donors (Lipinski definition) is 4. The molecule has 0 fully saturated rings. The van der Waals surface area contributed by atoms with Crippen LogP contribution in [0.5, 0.6) is 11.5 Å². The summed E-state index contributed by atoms with van der Waals surface area (Å²) in [7, 11) is 0. The van der Waals surface area contributed by atoms with Crippen molar-refractivity contribution < 1.29 is 30.0 Å². The summed E-state index contributed by atoms with van der Waals surface area (Å²) in [5.74, 6) is -2.36. The maximum atomic E-state index is 11.0. The Hall–Kier alpha value is -7.08. The van der Waals surface area contributed by atoms with E-state index in [0.717, 1.165) is 40.9 Å². The van der Waals surface area contributed by atoms with E-state index in [2.05, 4.69) is 30.4 Å². The van der Waals surface area contributed by atoms with Crippen molar-refractivity contribution in [1.29, 1.82) is 0 Å². The van der Waals surface area contributed by atoms with Crippen LogP contribution in [0.2, 0.25) is 0 Å². The molecule has 12 heteroatoms. The highest BCUT2D eigenvalue weighted by Gasteiger charge is 2.10. The van der Waals surface area contributed by atoms with Gasteiger partial charge in [0.1, 0.15) is 17.1 Å². The third kappa shape index (κ3) is 11.5. The number of benzene rings is 4. The first-order valence-corrected chi connectivity index (χ1v) is 16.5. The second-order valence-electron chi connectivity index (χ2n) is 11.9. The Morgan fingerprint density at radius 1 is 0.604 bits per heavy atom. The SMILES string of the molecule is Cc1cccnc1Cc1ccc(N=Nc2ccc(O)c(C(=O)O)c2)cc1.O=C(O)CCc1cc(N=Nc2ccc(Cc3ccccn3)cc2)ccc1O. The monoisotopic (exact) mass is 708 g/mol. The number of azo groups is 2. The molecule has 0 radical (unpaired) electrons. The van der Waals surface area contributed by atoms with Crippen molar-refractivity contribution in [2.45, 2.75) is 32.6 Å². The highest BCUT2D eigenvalue weighted by Crippen LogP contribution is 2.27. The number of carboxylic acids is 2. The van der Waals surface area contributed by atoms with Crippen LogP contribution in [0.4, 0.5) is 22.7 Å². The predicted molar refractivity (Wildman–Crippen MR) is 199 cm³/mol. The minimum atomic E-state index is -1.21. The van der Waals surface area contributed by atoms with Crippen LogP contribution in [-0.2, 0) is 24.1 Å². The zero-order valence-electron chi connectivity index (χ0n) is 28.7. The number of rotatable bonds is 12. The molecule has 0 saturated heterocycles. The first-order chi connectivity index (χ1) is 25.6. The zero-order chi connectivity index (χ0) is 37.6. The van der Waals surface area contributed by atoms with E-state index in [-0.39, 0.29) is 29.9 Å². The maximum absolute atomic E-state index is 11.0. The first kappa shape index (κ1) is 37.2. The van der Waals surface area contributed by atoms with E-state index in [1.54, 1.807) is 24.5 Å². The lowest BCUT2D eigenvalue weighted by Crippen LogP contribution is -1.97. The number of phenols is 2. The van der Waals surface area contributed by atoms with Gasteiger partial charge in [-0.25, -0.2) is 4.79 Å². The molecule has 0 amide bonds. The molecule has 4 aromatic carbocycles. The number of nitrogens with zero attached hydrogens (tertiary/aromatic N) is 6. The fourth-order valence-electron chi connectivity index (χ4n) is 5.03. The Balaban J connectivity index is 0.000000204. The third-order valence-corrected chi connectivity index (χ3v) is 7.92. The standard InChI is InChI=1S/C21H19N3O3.C20H17N3O3/c25-20-10-9-19(14-16(20)6-11-21(26)27)24-23-17-7-4-15(5-8-17)13-18-3-1-2-12-22-18;1-13-3-2-10-21-18(13)11-14-4-6-15(7-5-14)22-23-16-8-9-19(24)17(12-16)20(25)26/h1-5,7-10,12,14,25H,6,11,13H2,(H,26,27);2-10,12,24H,11H2,1H3,(H,25,26). The summed E-state index contributed by atoms with van der Waals surface area (Å²) in [5, 5.41) is 53.6. The molecule has 0 aliphatic heterocycles. The molecule has 2 heterocycles. The number of pyridine rings is 2. The van der Waals surface area contributed by atoms with Crippen LogP contribution in [0.15, 0.2) is 148 Å². The summed E-state index contributed by atoms with van der Waals surface area (Å²) in [6.07, 6.45) is 5.25. The smallest absolute Gasteiger partial charge is 0.339 e. The fraction of sp³-hybridized carbons (Fsp3) is 0.122. The molecule has 6 aromatic rings. The average molecular weight is 709 g/mol. The van der Waals surface area contributed by atoms with Crippen molar-refractivity contribution in [3.8, 4) is 11.5 Å². The number of aromatic carboxylic acids is 1. The van der Waals surface area contributed by atoms with Crippen LogP contribution in [0.25, 0.3) is 0 Å². The molecule has 53 heavy (non-hydrogen) atoms. The Kier molecular flexibility index (Phi) is 12.8. The molecule has 6 rings (SSSR count). The molecule has 12 nitrogen and oxygen atoms in total. The van der Waals surface area contributed by atoms with Gasteiger partial charge in [-0.05, 0) is 114 Å². The van der Waals surface area contributed by atoms with Crippen molar-refractivity contribution in [1.82, 2.24) is 9.97 Å². The number of aryl methyl sites for hydroxylation is 2. The van der Waals surface area contributed by atoms with E-state index in [1.807, 2.05) is 85.8 Å².